The quantitative estimate of drug-likeness (QED) is 0.833. The van der Waals surface area contributed by atoms with Gasteiger partial charge in [0.2, 0.25) is 0 Å². The Morgan fingerprint density at radius 2 is 1.89 bits per heavy atom. The van der Waals surface area contributed by atoms with Gasteiger partial charge in [0.1, 0.15) is 0 Å². The lowest BCUT2D eigenvalue weighted by atomic mass is 9.73. The summed E-state index contributed by atoms with van der Waals surface area (Å²) < 4.78 is 5.82. The van der Waals surface area contributed by atoms with Gasteiger partial charge in [-0.1, -0.05) is 19.3 Å². The van der Waals surface area contributed by atoms with Crippen LogP contribution in [0, 0.1) is 5.41 Å². The molecule has 1 saturated heterocycles. The van der Waals surface area contributed by atoms with Crippen molar-refractivity contribution in [3.8, 4) is 0 Å². The van der Waals surface area contributed by atoms with Crippen LogP contribution < -0.4 is 5.32 Å². The lowest BCUT2D eigenvalue weighted by Crippen LogP contribution is -2.53. The van der Waals surface area contributed by atoms with Gasteiger partial charge >= 0.3 is 0 Å². The van der Waals surface area contributed by atoms with Crippen LogP contribution in [-0.4, -0.2) is 50.3 Å². The first-order chi connectivity index (χ1) is 8.55. The Labute approximate surface area is 112 Å². The molecule has 0 bridgehead atoms. The molecule has 0 unspecified atom stereocenters. The van der Waals surface area contributed by atoms with Crippen molar-refractivity contribution in [2.24, 2.45) is 5.41 Å². The second-order valence-corrected chi connectivity index (χ2v) is 6.91. The van der Waals surface area contributed by atoms with Crippen LogP contribution in [0.25, 0.3) is 0 Å². The summed E-state index contributed by atoms with van der Waals surface area (Å²) in [6, 6.07) is 0. The SMILES string of the molecule is CNCC1(CN2CCOC(C)(C)C2)CCCCC1. The van der Waals surface area contributed by atoms with Crippen LogP contribution in [0.3, 0.4) is 0 Å². The summed E-state index contributed by atoms with van der Waals surface area (Å²) in [5.41, 5.74) is 0.550. The molecule has 0 aromatic rings. The molecular weight excluding hydrogens is 224 g/mol. The molecule has 3 heteroatoms. The highest BCUT2D eigenvalue weighted by Crippen LogP contribution is 2.37. The maximum atomic E-state index is 5.82. The smallest absolute Gasteiger partial charge is 0.0753 e. The highest BCUT2D eigenvalue weighted by atomic mass is 16.5. The Morgan fingerprint density at radius 1 is 1.17 bits per heavy atom. The van der Waals surface area contributed by atoms with Crippen molar-refractivity contribution in [2.75, 3.05) is 39.8 Å². The summed E-state index contributed by atoms with van der Waals surface area (Å²) in [4.78, 5) is 2.63. The molecule has 106 valence electrons. The summed E-state index contributed by atoms with van der Waals surface area (Å²) in [6.45, 7) is 9.93. The van der Waals surface area contributed by atoms with E-state index in [0.717, 1.165) is 19.7 Å². The topological polar surface area (TPSA) is 24.5 Å². The number of nitrogens with zero attached hydrogens (tertiary/aromatic N) is 1. The van der Waals surface area contributed by atoms with Crippen molar-refractivity contribution in [2.45, 2.75) is 51.6 Å². The summed E-state index contributed by atoms with van der Waals surface area (Å²) >= 11 is 0. The molecule has 0 amide bonds. The van der Waals surface area contributed by atoms with Crippen molar-refractivity contribution in [1.82, 2.24) is 10.2 Å². The zero-order valence-electron chi connectivity index (χ0n) is 12.4. The number of hydrogen-bond acceptors (Lipinski definition) is 3. The lowest BCUT2D eigenvalue weighted by Gasteiger charge is -2.45. The molecular formula is C15H30N2O. The molecule has 2 aliphatic rings. The summed E-state index contributed by atoms with van der Waals surface area (Å²) in [5, 5.41) is 3.43. The summed E-state index contributed by atoms with van der Waals surface area (Å²) in [7, 11) is 2.10. The molecule has 1 N–H and O–H groups in total. The largest absolute Gasteiger partial charge is 0.373 e. The van der Waals surface area contributed by atoms with E-state index in [9.17, 15) is 0 Å². The minimum Gasteiger partial charge on any atom is -0.373 e. The second-order valence-electron chi connectivity index (χ2n) is 6.91. The molecule has 2 rings (SSSR count). The van der Waals surface area contributed by atoms with Gasteiger partial charge < -0.3 is 10.1 Å². The van der Waals surface area contributed by atoms with Crippen LogP contribution in [0.15, 0.2) is 0 Å². The second kappa shape index (κ2) is 5.89. The molecule has 1 aliphatic carbocycles. The molecule has 0 radical (unpaired) electrons. The summed E-state index contributed by atoms with van der Waals surface area (Å²) in [6.07, 6.45) is 7.04. The van der Waals surface area contributed by atoms with E-state index in [1.54, 1.807) is 0 Å². The third kappa shape index (κ3) is 3.69. The third-order valence-corrected chi connectivity index (χ3v) is 4.53. The molecule has 2 fully saturated rings. The summed E-state index contributed by atoms with van der Waals surface area (Å²) in [5.74, 6) is 0. The molecule has 1 heterocycles. The Morgan fingerprint density at radius 3 is 2.50 bits per heavy atom. The van der Waals surface area contributed by atoms with Crippen molar-refractivity contribution >= 4 is 0 Å². The first-order valence-electron chi connectivity index (χ1n) is 7.56. The number of nitrogens with one attached hydrogen (secondary N) is 1. The molecule has 1 saturated carbocycles. The van der Waals surface area contributed by atoms with Crippen LogP contribution >= 0.6 is 0 Å². The van der Waals surface area contributed by atoms with Crippen LogP contribution in [-0.2, 0) is 4.74 Å². The van der Waals surface area contributed by atoms with Gasteiger partial charge in [-0.15, -0.1) is 0 Å². The van der Waals surface area contributed by atoms with Gasteiger partial charge in [-0.05, 0) is 39.2 Å². The highest BCUT2D eigenvalue weighted by Gasteiger charge is 2.36. The van der Waals surface area contributed by atoms with Crippen molar-refractivity contribution in [1.29, 1.82) is 0 Å². The minimum atomic E-state index is 0.0355. The molecule has 3 nitrogen and oxygen atoms in total. The zero-order chi connectivity index (χ0) is 13.1. The Balaban J connectivity index is 1.95. The average molecular weight is 254 g/mol. The Bertz CT molecular complexity index is 254. The van der Waals surface area contributed by atoms with E-state index < -0.39 is 0 Å². The average Bonchev–Trinajstić information content (AvgIpc) is 2.29. The predicted octanol–water partition coefficient (Wildman–Crippen LogP) is 2.27. The van der Waals surface area contributed by atoms with Gasteiger partial charge in [0.05, 0.1) is 12.2 Å². The molecule has 0 spiro atoms. The van der Waals surface area contributed by atoms with E-state index in [1.807, 2.05) is 0 Å². The molecule has 0 atom stereocenters. The van der Waals surface area contributed by atoms with Crippen LogP contribution in [0.4, 0.5) is 0 Å². The van der Waals surface area contributed by atoms with Gasteiger partial charge in [-0.25, -0.2) is 0 Å². The van der Waals surface area contributed by atoms with E-state index in [1.165, 1.54) is 45.2 Å². The van der Waals surface area contributed by atoms with Crippen molar-refractivity contribution < 1.29 is 4.74 Å². The molecule has 18 heavy (non-hydrogen) atoms. The monoisotopic (exact) mass is 254 g/mol. The van der Waals surface area contributed by atoms with Crippen molar-refractivity contribution in [3.05, 3.63) is 0 Å². The standard InChI is InChI=1S/C15H30N2O/c1-14(2)12-17(9-10-18-14)13-15(11-16-3)7-5-4-6-8-15/h16H,4-13H2,1-3H3. The highest BCUT2D eigenvalue weighted by molar-refractivity contribution is 4.90. The molecule has 1 aliphatic heterocycles. The van der Waals surface area contributed by atoms with E-state index >= 15 is 0 Å². The number of hydrogen-bond donors (Lipinski definition) is 1. The number of ether oxygens (including phenoxy) is 1. The predicted molar refractivity (Wildman–Crippen MR) is 75.9 cm³/mol. The fourth-order valence-electron chi connectivity index (χ4n) is 3.79. The number of morpholine rings is 1. The van der Waals surface area contributed by atoms with E-state index in [2.05, 4.69) is 31.1 Å². The maximum absolute atomic E-state index is 5.82. The molecule has 0 aromatic carbocycles. The van der Waals surface area contributed by atoms with Crippen LogP contribution in [0.5, 0.6) is 0 Å². The van der Waals surface area contributed by atoms with Gasteiger partial charge in [0.15, 0.2) is 0 Å². The third-order valence-electron chi connectivity index (χ3n) is 4.53. The van der Waals surface area contributed by atoms with Crippen molar-refractivity contribution in [3.63, 3.8) is 0 Å². The first-order valence-corrected chi connectivity index (χ1v) is 7.56. The maximum Gasteiger partial charge on any atom is 0.0753 e. The van der Waals surface area contributed by atoms with Crippen LogP contribution in [0.2, 0.25) is 0 Å². The van der Waals surface area contributed by atoms with Gasteiger partial charge in [-0.3, -0.25) is 4.90 Å². The Hall–Kier alpha value is -0.120. The lowest BCUT2D eigenvalue weighted by molar-refractivity contribution is -0.0963. The minimum absolute atomic E-state index is 0.0355. The van der Waals surface area contributed by atoms with E-state index in [-0.39, 0.29) is 5.60 Å². The first kappa shape index (κ1) is 14.3. The Kier molecular flexibility index (Phi) is 4.68. The fourth-order valence-corrected chi connectivity index (χ4v) is 3.79. The number of rotatable bonds is 4. The van der Waals surface area contributed by atoms with E-state index in [0.29, 0.717) is 5.41 Å². The van der Waals surface area contributed by atoms with Gasteiger partial charge in [-0.2, -0.15) is 0 Å². The fraction of sp³-hybridized carbons (Fsp3) is 1.00. The van der Waals surface area contributed by atoms with E-state index in [4.69, 9.17) is 4.74 Å². The van der Waals surface area contributed by atoms with Gasteiger partial charge in [0, 0.05) is 26.2 Å². The van der Waals surface area contributed by atoms with Gasteiger partial charge in [0.25, 0.3) is 0 Å². The van der Waals surface area contributed by atoms with Crippen LogP contribution in [0.1, 0.15) is 46.0 Å². The normalized spacial score (nSPS) is 28.2. The molecule has 0 aromatic heterocycles. The zero-order valence-corrected chi connectivity index (χ0v) is 12.4.